The highest BCUT2D eigenvalue weighted by Gasteiger charge is 2.26. The van der Waals surface area contributed by atoms with E-state index < -0.39 is 11.6 Å². The standard InChI is InChI=1S/C17H19F2N5O/c1-12(16(25)22-13-3-4-14(18)15(19)11-13)23-7-9-24(10-8-23)17-20-5-2-6-21-17/h2-6,11-12H,7-10H2,1H3,(H,22,25)/t12-/m1/s1. The van der Waals surface area contributed by atoms with E-state index in [9.17, 15) is 13.6 Å². The molecule has 0 saturated carbocycles. The smallest absolute Gasteiger partial charge is 0.241 e. The molecule has 1 aliphatic rings. The summed E-state index contributed by atoms with van der Waals surface area (Å²) >= 11 is 0. The van der Waals surface area contributed by atoms with E-state index in [1.807, 2.05) is 4.90 Å². The van der Waals surface area contributed by atoms with Crippen LogP contribution in [0.3, 0.4) is 0 Å². The van der Waals surface area contributed by atoms with Crippen molar-refractivity contribution in [2.45, 2.75) is 13.0 Å². The highest BCUT2D eigenvalue weighted by Crippen LogP contribution is 2.16. The summed E-state index contributed by atoms with van der Waals surface area (Å²) in [6, 6.07) is 4.70. The number of hydrogen-bond donors (Lipinski definition) is 1. The van der Waals surface area contributed by atoms with Crippen LogP contribution in [0.4, 0.5) is 20.4 Å². The number of hydrogen-bond acceptors (Lipinski definition) is 5. The Morgan fingerprint density at radius 2 is 1.80 bits per heavy atom. The Hall–Kier alpha value is -2.61. The van der Waals surface area contributed by atoms with Gasteiger partial charge in [-0.05, 0) is 25.1 Å². The van der Waals surface area contributed by atoms with Gasteiger partial charge in [0.25, 0.3) is 0 Å². The molecule has 132 valence electrons. The van der Waals surface area contributed by atoms with E-state index >= 15 is 0 Å². The molecule has 1 saturated heterocycles. The molecule has 8 heteroatoms. The maximum Gasteiger partial charge on any atom is 0.241 e. The fourth-order valence-electron chi connectivity index (χ4n) is 2.75. The summed E-state index contributed by atoms with van der Waals surface area (Å²) in [5.74, 6) is -1.50. The van der Waals surface area contributed by atoms with Gasteiger partial charge in [0.15, 0.2) is 11.6 Å². The molecule has 0 unspecified atom stereocenters. The van der Waals surface area contributed by atoms with E-state index in [2.05, 4.69) is 20.2 Å². The molecule has 25 heavy (non-hydrogen) atoms. The van der Waals surface area contributed by atoms with Gasteiger partial charge < -0.3 is 10.2 Å². The van der Waals surface area contributed by atoms with Gasteiger partial charge in [0.05, 0.1) is 6.04 Å². The number of aromatic nitrogens is 2. The SMILES string of the molecule is C[C@H](C(=O)Nc1ccc(F)c(F)c1)N1CCN(c2ncccn2)CC1. The quantitative estimate of drug-likeness (QED) is 0.915. The first kappa shape index (κ1) is 17.2. The number of anilines is 2. The number of halogens is 2. The van der Waals surface area contributed by atoms with Crippen LogP contribution in [-0.2, 0) is 4.79 Å². The molecule has 6 nitrogen and oxygen atoms in total. The van der Waals surface area contributed by atoms with Gasteiger partial charge in [0, 0.05) is 50.3 Å². The van der Waals surface area contributed by atoms with Gasteiger partial charge in [-0.25, -0.2) is 18.7 Å². The maximum atomic E-state index is 13.2. The third-order valence-corrected chi connectivity index (χ3v) is 4.26. The first-order chi connectivity index (χ1) is 12.0. The molecule has 0 radical (unpaired) electrons. The summed E-state index contributed by atoms with van der Waals surface area (Å²) in [6.45, 7) is 4.60. The molecule has 2 aromatic rings. The highest BCUT2D eigenvalue weighted by molar-refractivity contribution is 5.94. The first-order valence-electron chi connectivity index (χ1n) is 8.06. The molecule has 0 aliphatic carbocycles. The monoisotopic (exact) mass is 347 g/mol. The van der Waals surface area contributed by atoms with E-state index in [-0.39, 0.29) is 17.6 Å². The maximum absolute atomic E-state index is 13.2. The van der Waals surface area contributed by atoms with Crippen LogP contribution in [0.2, 0.25) is 0 Å². The summed E-state index contributed by atoms with van der Waals surface area (Å²) in [5.41, 5.74) is 0.243. The highest BCUT2D eigenvalue weighted by atomic mass is 19.2. The van der Waals surface area contributed by atoms with E-state index in [1.54, 1.807) is 25.4 Å². The van der Waals surface area contributed by atoms with Gasteiger partial charge in [-0.2, -0.15) is 0 Å². The zero-order valence-electron chi connectivity index (χ0n) is 13.8. The lowest BCUT2D eigenvalue weighted by molar-refractivity contribution is -0.120. The zero-order chi connectivity index (χ0) is 17.8. The Kier molecular flexibility index (Phi) is 5.18. The van der Waals surface area contributed by atoms with Crippen LogP contribution in [0.15, 0.2) is 36.7 Å². The van der Waals surface area contributed by atoms with Crippen LogP contribution in [0.25, 0.3) is 0 Å². The number of nitrogens with one attached hydrogen (secondary N) is 1. The van der Waals surface area contributed by atoms with Crippen molar-refractivity contribution >= 4 is 17.5 Å². The van der Waals surface area contributed by atoms with Crippen LogP contribution in [0.5, 0.6) is 0 Å². The summed E-state index contributed by atoms with van der Waals surface area (Å²) < 4.78 is 26.2. The van der Waals surface area contributed by atoms with Crippen molar-refractivity contribution < 1.29 is 13.6 Å². The van der Waals surface area contributed by atoms with Crippen molar-refractivity contribution in [3.8, 4) is 0 Å². The van der Waals surface area contributed by atoms with E-state index in [1.165, 1.54) is 6.07 Å². The second-order valence-electron chi connectivity index (χ2n) is 5.87. The Bertz CT molecular complexity index is 735. The summed E-state index contributed by atoms with van der Waals surface area (Å²) in [6.07, 6.45) is 3.40. The molecule has 3 rings (SSSR count). The number of benzene rings is 1. The fraction of sp³-hybridized carbons (Fsp3) is 0.353. The third-order valence-electron chi connectivity index (χ3n) is 4.26. The number of amides is 1. The van der Waals surface area contributed by atoms with E-state index in [0.29, 0.717) is 32.1 Å². The minimum absolute atomic E-state index is 0.243. The minimum atomic E-state index is -0.984. The summed E-state index contributed by atoms with van der Waals surface area (Å²) in [7, 11) is 0. The first-order valence-corrected chi connectivity index (χ1v) is 8.06. The molecule has 1 N–H and O–H groups in total. The van der Waals surface area contributed by atoms with Crippen LogP contribution < -0.4 is 10.2 Å². The largest absolute Gasteiger partial charge is 0.338 e. The molecular weight excluding hydrogens is 328 g/mol. The average Bonchev–Trinajstić information content (AvgIpc) is 2.65. The van der Waals surface area contributed by atoms with Gasteiger partial charge in [0.1, 0.15) is 0 Å². The molecule has 2 heterocycles. The van der Waals surface area contributed by atoms with Gasteiger partial charge in [0.2, 0.25) is 11.9 Å². The molecule has 1 aromatic carbocycles. The molecule has 0 spiro atoms. The van der Waals surface area contributed by atoms with Gasteiger partial charge in [-0.1, -0.05) is 0 Å². The zero-order valence-corrected chi connectivity index (χ0v) is 13.8. The van der Waals surface area contributed by atoms with Crippen LogP contribution >= 0.6 is 0 Å². The molecule has 1 amide bonds. The lowest BCUT2D eigenvalue weighted by atomic mass is 10.2. The lowest BCUT2D eigenvalue weighted by Crippen LogP contribution is -2.53. The van der Waals surface area contributed by atoms with Gasteiger partial charge in [-0.3, -0.25) is 9.69 Å². The van der Waals surface area contributed by atoms with Crippen LogP contribution in [0, 0.1) is 11.6 Å². The fourth-order valence-corrected chi connectivity index (χ4v) is 2.75. The molecule has 1 atom stereocenters. The third kappa shape index (κ3) is 4.08. The average molecular weight is 347 g/mol. The van der Waals surface area contributed by atoms with Crippen molar-refractivity contribution in [1.82, 2.24) is 14.9 Å². The Morgan fingerprint density at radius 3 is 2.44 bits per heavy atom. The summed E-state index contributed by atoms with van der Waals surface area (Å²) in [5, 5.41) is 2.62. The second-order valence-corrected chi connectivity index (χ2v) is 5.87. The Labute approximate surface area is 144 Å². The molecule has 0 bridgehead atoms. The molecule has 1 fully saturated rings. The van der Waals surface area contributed by atoms with Gasteiger partial charge >= 0.3 is 0 Å². The van der Waals surface area contributed by atoms with Crippen molar-refractivity contribution in [3.05, 3.63) is 48.3 Å². The van der Waals surface area contributed by atoms with Crippen molar-refractivity contribution in [1.29, 1.82) is 0 Å². The molecular formula is C17H19F2N5O. The minimum Gasteiger partial charge on any atom is -0.338 e. The van der Waals surface area contributed by atoms with Crippen molar-refractivity contribution in [3.63, 3.8) is 0 Å². The molecule has 1 aliphatic heterocycles. The predicted molar refractivity (Wildman–Crippen MR) is 90.3 cm³/mol. The van der Waals surface area contributed by atoms with Crippen molar-refractivity contribution in [2.75, 3.05) is 36.4 Å². The van der Waals surface area contributed by atoms with E-state index in [0.717, 1.165) is 12.1 Å². The van der Waals surface area contributed by atoms with Crippen molar-refractivity contribution in [2.24, 2.45) is 0 Å². The predicted octanol–water partition coefficient (Wildman–Crippen LogP) is 1.90. The number of rotatable bonds is 4. The normalized spacial score (nSPS) is 16.5. The second kappa shape index (κ2) is 7.52. The Balaban J connectivity index is 1.55. The van der Waals surface area contributed by atoms with Crippen LogP contribution in [-0.4, -0.2) is 53.0 Å². The van der Waals surface area contributed by atoms with Gasteiger partial charge in [-0.15, -0.1) is 0 Å². The topological polar surface area (TPSA) is 61.4 Å². The number of piperazine rings is 1. The Morgan fingerprint density at radius 1 is 1.12 bits per heavy atom. The molecule has 1 aromatic heterocycles. The number of carbonyl (C=O) groups excluding carboxylic acids is 1. The lowest BCUT2D eigenvalue weighted by Gasteiger charge is -2.37. The van der Waals surface area contributed by atoms with E-state index in [4.69, 9.17) is 0 Å². The van der Waals surface area contributed by atoms with Crippen LogP contribution in [0.1, 0.15) is 6.92 Å². The summed E-state index contributed by atoms with van der Waals surface area (Å²) in [4.78, 5) is 24.9. The number of nitrogens with zero attached hydrogens (tertiary/aromatic N) is 4. The number of carbonyl (C=O) groups is 1.